The number of furan rings is 1. The van der Waals surface area contributed by atoms with Crippen molar-refractivity contribution in [1.82, 2.24) is 15.0 Å². The van der Waals surface area contributed by atoms with Crippen molar-refractivity contribution in [2.45, 2.75) is 19.8 Å². The Labute approximate surface area is 153 Å². The first-order valence-electron chi connectivity index (χ1n) is 7.92. The highest BCUT2D eigenvalue weighted by atomic mass is 16.6. The number of anilines is 3. The summed E-state index contributed by atoms with van der Waals surface area (Å²) in [5.41, 5.74) is 8.13. The molecule has 0 atom stereocenters. The molecule has 0 aromatic carbocycles. The SMILES string of the molecule is CCOC(=O)CCCNc1nc(N)nc(N/N=C/c2ccc([N+](=O)[O-])o2)n1. The van der Waals surface area contributed by atoms with Crippen LogP contribution in [0.5, 0.6) is 0 Å². The molecule has 0 spiro atoms. The first kappa shape index (κ1) is 19.6. The summed E-state index contributed by atoms with van der Waals surface area (Å²) in [7, 11) is 0. The van der Waals surface area contributed by atoms with E-state index in [9.17, 15) is 14.9 Å². The van der Waals surface area contributed by atoms with Crippen LogP contribution >= 0.6 is 0 Å². The molecule has 0 aliphatic heterocycles. The van der Waals surface area contributed by atoms with Crippen LogP contribution in [0.1, 0.15) is 25.5 Å². The van der Waals surface area contributed by atoms with Crippen LogP contribution in [0.3, 0.4) is 0 Å². The zero-order chi connectivity index (χ0) is 19.6. The minimum absolute atomic E-state index is 0.0378. The molecule has 144 valence electrons. The van der Waals surface area contributed by atoms with Crippen LogP contribution in [0.2, 0.25) is 0 Å². The van der Waals surface area contributed by atoms with Crippen molar-refractivity contribution < 1.29 is 18.9 Å². The van der Waals surface area contributed by atoms with Gasteiger partial charge in [-0.3, -0.25) is 14.9 Å². The average molecular weight is 378 g/mol. The molecule has 13 nitrogen and oxygen atoms in total. The molecule has 13 heteroatoms. The molecule has 27 heavy (non-hydrogen) atoms. The number of nitrogens with one attached hydrogen (secondary N) is 2. The van der Waals surface area contributed by atoms with Crippen molar-refractivity contribution in [1.29, 1.82) is 0 Å². The smallest absolute Gasteiger partial charge is 0.433 e. The number of hydrazone groups is 1. The molecule has 0 aliphatic rings. The van der Waals surface area contributed by atoms with Gasteiger partial charge in [0.15, 0.2) is 5.76 Å². The molecule has 2 aromatic heterocycles. The number of rotatable bonds is 10. The highest BCUT2D eigenvalue weighted by Gasteiger charge is 2.10. The number of carbonyl (C=O) groups is 1. The number of ether oxygens (including phenoxy) is 1. The van der Waals surface area contributed by atoms with Gasteiger partial charge < -0.3 is 20.2 Å². The minimum atomic E-state index is -0.655. The second kappa shape index (κ2) is 9.65. The quantitative estimate of drug-likeness (QED) is 0.177. The second-order valence-electron chi connectivity index (χ2n) is 4.98. The third kappa shape index (κ3) is 6.56. The fourth-order valence-electron chi connectivity index (χ4n) is 1.85. The number of carbonyl (C=O) groups excluding carboxylic acids is 1. The number of hydrogen-bond donors (Lipinski definition) is 3. The van der Waals surface area contributed by atoms with E-state index in [2.05, 4.69) is 30.8 Å². The number of hydrogen-bond acceptors (Lipinski definition) is 12. The number of nitrogens with two attached hydrogens (primary N) is 1. The molecule has 2 rings (SSSR count). The summed E-state index contributed by atoms with van der Waals surface area (Å²) in [5, 5.41) is 17.3. The number of nitrogens with zero attached hydrogens (tertiary/aromatic N) is 5. The maximum absolute atomic E-state index is 11.3. The van der Waals surface area contributed by atoms with Gasteiger partial charge in [-0.05, 0) is 19.4 Å². The minimum Gasteiger partial charge on any atom is -0.466 e. The molecule has 0 bridgehead atoms. The zero-order valence-electron chi connectivity index (χ0n) is 14.4. The van der Waals surface area contributed by atoms with Gasteiger partial charge in [0, 0.05) is 13.0 Å². The van der Waals surface area contributed by atoms with Crippen molar-refractivity contribution in [3.05, 3.63) is 28.0 Å². The number of nitrogen functional groups attached to an aromatic ring is 1. The molecule has 0 amide bonds. The summed E-state index contributed by atoms with van der Waals surface area (Å²) < 4.78 is 9.75. The largest absolute Gasteiger partial charge is 0.466 e. The van der Waals surface area contributed by atoms with E-state index in [1.54, 1.807) is 6.92 Å². The molecular weight excluding hydrogens is 360 g/mol. The van der Waals surface area contributed by atoms with E-state index in [0.29, 0.717) is 19.6 Å². The Balaban J connectivity index is 1.87. The predicted octanol–water partition coefficient (Wildman–Crippen LogP) is 1.16. The van der Waals surface area contributed by atoms with Gasteiger partial charge in [0.05, 0.1) is 18.9 Å². The molecule has 0 fully saturated rings. The van der Waals surface area contributed by atoms with Crippen LogP contribution in [0, 0.1) is 10.1 Å². The van der Waals surface area contributed by atoms with Gasteiger partial charge >= 0.3 is 11.9 Å². The highest BCUT2D eigenvalue weighted by molar-refractivity contribution is 5.76. The fourth-order valence-corrected chi connectivity index (χ4v) is 1.85. The average Bonchev–Trinajstić information content (AvgIpc) is 3.08. The number of nitro groups is 1. The Morgan fingerprint density at radius 2 is 2.19 bits per heavy atom. The summed E-state index contributed by atoms with van der Waals surface area (Å²) in [4.78, 5) is 33.0. The van der Waals surface area contributed by atoms with Crippen LogP contribution in [0.4, 0.5) is 23.7 Å². The Bertz CT molecular complexity index is 822. The maximum atomic E-state index is 11.3. The topological polar surface area (TPSA) is 184 Å². The third-order valence-electron chi connectivity index (χ3n) is 2.95. The summed E-state index contributed by atoms with van der Waals surface area (Å²) in [6.07, 6.45) is 2.02. The third-order valence-corrected chi connectivity index (χ3v) is 2.95. The van der Waals surface area contributed by atoms with E-state index in [1.165, 1.54) is 18.3 Å². The lowest BCUT2D eigenvalue weighted by Gasteiger charge is -2.06. The van der Waals surface area contributed by atoms with E-state index in [1.807, 2.05) is 0 Å². The van der Waals surface area contributed by atoms with Gasteiger partial charge in [0.25, 0.3) is 0 Å². The number of esters is 1. The highest BCUT2D eigenvalue weighted by Crippen LogP contribution is 2.14. The van der Waals surface area contributed by atoms with Crippen molar-refractivity contribution in [3.63, 3.8) is 0 Å². The maximum Gasteiger partial charge on any atom is 0.433 e. The summed E-state index contributed by atoms with van der Waals surface area (Å²) in [6, 6.07) is 2.60. The zero-order valence-corrected chi connectivity index (χ0v) is 14.4. The Hall–Kier alpha value is -3.77. The van der Waals surface area contributed by atoms with Gasteiger partial charge in [0.2, 0.25) is 17.8 Å². The van der Waals surface area contributed by atoms with Crippen LogP contribution in [0.25, 0.3) is 0 Å². The van der Waals surface area contributed by atoms with Crippen LogP contribution in [-0.2, 0) is 9.53 Å². The van der Waals surface area contributed by atoms with Crippen molar-refractivity contribution in [2.75, 3.05) is 29.6 Å². The predicted molar refractivity (Wildman–Crippen MR) is 95.2 cm³/mol. The van der Waals surface area contributed by atoms with Crippen molar-refractivity contribution in [3.8, 4) is 0 Å². The molecule has 0 saturated heterocycles. The molecule has 2 heterocycles. The van der Waals surface area contributed by atoms with Gasteiger partial charge in [-0.2, -0.15) is 20.1 Å². The summed E-state index contributed by atoms with van der Waals surface area (Å²) in [5.74, 6) is -0.261. The molecule has 2 aromatic rings. The molecule has 0 saturated carbocycles. The first-order valence-corrected chi connectivity index (χ1v) is 7.92. The second-order valence-corrected chi connectivity index (χ2v) is 4.98. The first-order chi connectivity index (χ1) is 13.0. The lowest BCUT2D eigenvalue weighted by molar-refractivity contribution is -0.402. The van der Waals surface area contributed by atoms with Gasteiger partial charge in [0.1, 0.15) is 4.92 Å². The van der Waals surface area contributed by atoms with Crippen molar-refractivity contribution >= 4 is 35.9 Å². The van der Waals surface area contributed by atoms with Crippen LogP contribution < -0.4 is 16.5 Å². The molecule has 0 radical (unpaired) electrons. The van der Waals surface area contributed by atoms with Gasteiger partial charge in [-0.15, -0.1) is 0 Å². The van der Waals surface area contributed by atoms with Gasteiger partial charge in [-0.1, -0.05) is 0 Å². The van der Waals surface area contributed by atoms with E-state index >= 15 is 0 Å². The lowest BCUT2D eigenvalue weighted by atomic mass is 10.3. The normalized spacial score (nSPS) is 10.7. The lowest BCUT2D eigenvalue weighted by Crippen LogP contribution is -2.12. The van der Waals surface area contributed by atoms with E-state index in [-0.39, 0.29) is 36.0 Å². The van der Waals surface area contributed by atoms with E-state index in [4.69, 9.17) is 14.9 Å². The molecule has 0 unspecified atom stereocenters. The molecule has 0 aliphatic carbocycles. The molecular formula is C14H18N8O5. The molecule has 4 N–H and O–H groups in total. The van der Waals surface area contributed by atoms with Crippen molar-refractivity contribution in [2.24, 2.45) is 5.10 Å². The Morgan fingerprint density at radius 3 is 2.89 bits per heavy atom. The van der Waals surface area contributed by atoms with Gasteiger partial charge in [-0.25, -0.2) is 5.43 Å². The Kier molecular flexibility index (Phi) is 6.99. The van der Waals surface area contributed by atoms with E-state index < -0.39 is 10.8 Å². The van der Waals surface area contributed by atoms with Crippen LogP contribution in [-0.4, -0.2) is 45.2 Å². The summed E-state index contributed by atoms with van der Waals surface area (Å²) in [6.45, 7) is 2.52. The standard InChI is InChI=1S/C14H18N8O5/c1-2-26-11(23)4-3-7-16-13-18-12(15)19-14(20-13)21-17-8-9-5-6-10(27-9)22(24)25/h5-6,8H,2-4,7H2,1H3,(H4,15,16,18,19,20,21)/b17-8+. The number of aromatic nitrogens is 3. The monoisotopic (exact) mass is 378 g/mol. The Morgan fingerprint density at radius 1 is 1.41 bits per heavy atom. The van der Waals surface area contributed by atoms with E-state index in [0.717, 1.165) is 0 Å². The fraction of sp³-hybridized carbons (Fsp3) is 0.357. The van der Waals surface area contributed by atoms with Crippen LogP contribution in [0.15, 0.2) is 21.7 Å². The summed E-state index contributed by atoms with van der Waals surface area (Å²) >= 11 is 0.